The third kappa shape index (κ3) is 4.31. The van der Waals surface area contributed by atoms with E-state index in [1.165, 1.54) is 6.26 Å². The van der Waals surface area contributed by atoms with Gasteiger partial charge in [0.1, 0.15) is 5.82 Å². The number of aromatic nitrogens is 2. The normalized spacial score (nSPS) is 12.3. The fourth-order valence-electron chi connectivity index (χ4n) is 1.16. The SMILES string of the molecule is CCNc1ncc(Br)c(NCC(C)(C)S(C)(=O)=O)n1. The molecule has 2 N–H and O–H groups in total. The van der Waals surface area contributed by atoms with Crippen molar-refractivity contribution >= 4 is 37.5 Å². The van der Waals surface area contributed by atoms with Gasteiger partial charge in [0.25, 0.3) is 0 Å². The Morgan fingerprint density at radius 1 is 1.37 bits per heavy atom. The lowest BCUT2D eigenvalue weighted by atomic mass is 10.2. The van der Waals surface area contributed by atoms with Crippen molar-refractivity contribution < 1.29 is 8.42 Å². The van der Waals surface area contributed by atoms with E-state index in [9.17, 15) is 8.42 Å². The Morgan fingerprint density at radius 3 is 2.53 bits per heavy atom. The average Bonchev–Trinajstić information content (AvgIpc) is 2.29. The van der Waals surface area contributed by atoms with Gasteiger partial charge in [-0.3, -0.25) is 0 Å². The number of sulfone groups is 1. The Bertz CT molecular complexity index is 546. The summed E-state index contributed by atoms with van der Waals surface area (Å²) >= 11 is 3.34. The first kappa shape index (κ1) is 16.2. The fraction of sp³-hybridized carbons (Fsp3) is 0.636. The topological polar surface area (TPSA) is 84.0 Å². The largest absolute Gasteiger partial charge is 0.367 e. The minimum absolute atomic E-state index is 0.271. The van der Waals surface area contributed by atoms with E-state index >= 15 is 0 Å². The van der Waals surface area contributed by atoms with Gasteiger partial charge in [0.2, 0.25) is 5.95 Å². The van der Waals surface area contributed by atoms with Crippen LogP contribution in [0.4, 0.5) is 11.8 Å². The first-order chi connectivity index (χ1) is 8.67. The molecule has 0 fully saturated rings. The summed E-state index contributed by atoms with van der Waals surface area (Å²) in [5.41, 5.74) is 0. The number of hydrogen-bond acceptors (Lipinski definition) is 6. The maximum absolute atomic E-state index is 11.6. The highest BCUT2D eigenvalue weighted by Gasteiger charge is 2.30. The molecule has 0 unspecified atom stereocenters. The van der Waals surface area contributed by atoms with Gasteiger partial charge in [-0.1, -0.05) is 0 Å². The molecule has 1 aromatic heterocycles. The van der Waals surface area contributed by atoms with Crippen LogP contribution in [0.2, 0.25) is 0 Å². The fourth-order valence-corrected chi connectivity index (χ4v) is 1.83. The smallest absolute Gasteiger partial charge is 0.224 e. The van der Waals surface area contributed by atoms with Gasteiger partial charge in [-0.2, -0.15) is 4.98 Å². The van der Waals surface area contributed by atoms with Crippen LogP contribution in [0, 0.1) is 0 Å². The predicted octanol–water partition coefficient (Wildman–Crippen LogP) is 1.91. The minimum atomic E-state index is -3.14. The van der Waals surface area contributed by atoms with Gasteiger partial charge in [-0.05, 0) is 36.7 Å². The van der Waals surface area contributed by atoms with Gasteiger partial charge >= 0.3 is 0 Å². The number of hydrogen-bond donors (Lipinski definition) is 2. The molecule has 0 aliphatic heterocycles. The maximum Gasteiger partial charge on any atom is 0.224 e. The quantitative estimate of drug-likeness (QED) is 0.815. The molecular weight excluding hydrogens is 332 g/mol. The van der Waals surface area contributed by atoms with Crippen LogP contribution in [-0.4, -0.2) is 42.5 Å². The summed E-state index contributed by atoms with van der Waals surface area (Å²) in [6.07, 6.45) is 2.86. The first-order valence-corrected chi connectivity index (χ1v) is 8.55. The number of anilines is 2. The Balaban J connectivity index is 2.86. The molecule has 0 aliphatic rings. The summed E-state index contributed by atoms with van der Waals surface area (Å²) in [7, 11) is -3.14. The summed E-state index contributed by atoms with van der Waals surface area (Å²) in [6, 6.07) is 0. The van der Waals surface area contributed by atoms with Gasteiger partial charge in [0.05, 0.1) is 9.22 Å². The predicted molar refractivity (Wildman–Crippen MR) is 81.3 cm³/mol. The zero-order chi connectivity index (χ0) is 14.7. The molecule has 0 aliphatic carbocycles. The summed E-state index contributed by atoms with van der Waals surface area (Å²) in [6.45, 7) is 6.29. The van der Waals surface area contributed by atoms with E-state index in [0.717, 1.165) is 6.54 Å². The van der Waals surface area contributed by atoms with Crippen LogP contribution >= 0.6 is 15.9 Å². The molecule has 0 aromatic carbocycles. The summed E-state index contributed by atoms with van der Waals surface area (Å²) in [5, 5.41) is 6.04. The Labute approximate surface area is 122 Å². The lowest BCUT2D eigenvalue weighted by Crippen LogP contribution is -2.38. The maximum atomic E-state index is 11.6. The van der Waals surface area contributed by atoms with Gasteiger partial charge < -0.3 is 10.6 Å². The van der Waals surface area contributed by atoms with Gasteiger partial charge in [0.15, 0.2) is 9.84 Å². The monoisotopic (exact) mass is 350 g/mol. The molecular formula is C11H19BrN4O2S. The van der Waals surface area contributed by atoms with E-state index in [1.807, 2.05) is 6.92 Å². The standard InChI is InChI=1S/C11H19BrN4O2S/c1-5-13-10-14-6-8(12)9(16-10)15-7-11(2,3)19(4,17)18/h6H,5,7H2,1-4H3,(H2,13,14,15,16). The molecule has 0 bridgehead atoms. The molecule has 0 amide bonds. The van der Waals surface area contributed by atoms with Crippen molar-refractivity contribution in [1.82, 2.24) is 9.97 Å². The third-order valence-corrected chi connectivity index (χ3v) is 5.50. The molecule has 0 radical (unpaired) electrons. The molecule has 0 saturated carbocycles. The summed E-state index contributed by atoms with van der Waals surface area (Å²) < 4.78 is 23.1. The van der Waals surface area contributed by atoms with E-state index in [-0.39, 0.29) is 6.54 Å². The average molecular weight is 351 g/mol. The number of halogens is 1. The van der Waals surface area contributed by atoms with Gasteiger partial charge in [0, 0.05) is 25.5 Å². The summed E-state index contributed by atoms with van der Waals surface area (Å²) in [5.74, 6) is 1.08. The molecule has 1 heterocycles. The second-order valence-electron chi connectivity index (χ2n) is 4.81. The van der Waals surface area contributed by atoms with E-state index < -0.39 is 14.6 Å². The van der Waals surface area contributed by atoms with E-state index in [0.29, 0.717) is 16.2 Å². The molecule has 19 heavy (non-hydrogen) atoms. The number of nitrogens with one attached hydrogen (secondary N) is 2. The Hall–Kier alpha value is -0.890. The second kappa shape index (κ2) is 6.04. The van der Waals surface area contributed by atoms with Gasteiger partial charge in [-0.15, -0.1) is 0 Å². The van der Waals surface area contributed by atoms with E-state index in [2.05, 4.69) is 36.5 Å². The molecule has 0 spiro atoms. The van der Waals surface area contributed by atoms with Crippen molar-refractivity contribution in [2.75, 3.05) is 30.0 Å². The molecule has 1 aromatic rings. The molecule has 1 rings (SSSR count). The lowest BCUT2D eigenvalue weighted by molar-refractivity contribution is 0.559. The zero-order valence-corrected chi connectivity index (χ0v) is 13.9. The van der Waals surface area contributed by atoms with Crippen molar-refractivity contribution in [1.29, 1.82) is 0 Å². The number of rotatable bonds is 6. The van der Waals surface area contributed by atoms with Crippen molar-refractivity contribution in [2.45, 2.75) is 25.5 Å². The molecule has 6 nitrogen and oxygen atoms in total. The van der Waals surface area contributed by atoms with Crippen LogP contribution < -0.4 is 10.6 Å². The van der Waals surface area contributed by atoms with Gasteiger partial charge in [-0.25, -0.2) is 13.4 Å². The molecule has 0 saturated heterocycles. The highest BCUT2D eigenvalue weighted by atomic mass is 79.9. The van der Waals surface area contributed by atoms with E-state index in [1.54, 1.807) is 20.0 Å². The van der Waals surface area contributed by atoms with Crippen molar-refractivity contribution in [2.24, 2.45) is 0 Å². The Kier molecular flexibility index (Phi) is 5.14. The minimum Gasteiger partial charge on any atom is -0.367 e. The Morgan fingerprint density at radius 2 is 2.00 bits per heavy atom. The van der Waals surface area contributed by atoms with Crippen LogP contribution in [0.3, 0.4) is 0 Å². The first-order valence-electron chi connectivity index (χ1n) is 5.87. The molecule has 8 heteroatoms. The van der Waals surface area contributed by atoms with Crippen molar-refractivity contribution in [3.8, 4) is 0 Å². The highest BCUT2D eigenvalue weighted by Crippen LogP contribution is 2.22. The van der Waals surface area contributed by atoms with Crippen molar-refractivity contribution in [3.63, 3.8) is 0 Å². The van der Waals surface area contributed by atoms with E-state index in [4.69, 9.17) is 0 Å². The lowest BCUT2D eigenvalue weighted by Gasteiger charge is -2.23. The van der Waals surface area contributed by atoms with Crippen LogP contribution in [0.5, 0.6) is 0 Å². The summed E-state index contributed by atoms with van der Waals surface area (Å²) in [4.78, 5) is 8.37. The molecule has 108 valence electrons. The number of nitrogens with zero attached hydrogens (tertiary/aromatic N) is 2. The van der Waals surface area contributed by atoms with Crippen molar-refractivity contribution in [3.05, 3.63) is 10.7 Å². The second-order valence-corrected chi connectivity index (χ2v) is 8.31. The van der Waals surface area contributed by atoms with Crippen LogP contribution in [-0.2, 0) is 9.84 Å². The third-order valence-electron chi connectivity index (χ3n) is 2.76. The van der Waals surface area contributed by atoms with Crippen LogP contribution in [0.25, 0.3) is 0 Å². The van der Waals surface area contributed by atoms with Crippen LogP contribution in [0.15, 0.2) is 10.7 Å². The van der Waals surface area contributed by atoms with Crippen LogP contribution in [0.1, 0.15) is 20.8 Å². The molecule has 0 atom stereocenters. The zero-order valence-electron chi connectivity index (χ0n) is 11.5. The highest BCUT2D eigenvalue weighted by molar-refractivity contribution is 9.10.